The van der Waals surface area contributed by atoms with Gasteiger partial charge in [-0.05, 0) is 19.8 Å². The van der Waals surface area contributed by atoms with Crippen LogP contribution < -0.4 is 5.32 Å². The van der Waals surface area contributed by atoms with Gasteiger partial charge >= 0.3 is 0 Å². The van der Waals surface area contributed by atoms with Gasteiger partial charge in [0, 0.05) is 6.42 Å². The normalized spacial score (nSPS) is 14.3. The highest BCUT2D eigenvalue weighted by Gasteiger charge is 2.07. The van der Waals surface area contributed by atoms with Crippen molar-refractivity contribution in [3.8, 4) is 12.3 Å². The maximum Gasteiger partial charge on any atom is 0.221 e. The van der Waals surface area contributed by atoms with Crippen LogP contribution in [-0.4, -0.2) is 23.2 Å². The maximum absolute atomic E-state index is 11.2. The highest BCUT2D eigenvalue weighted by Crippen LogP contribution is 1.97. The fourth-order valence-corrected chi connectivity index (χ4v) is 0.868. The van der Waals surface area contributed by atoms with Crippen LogP contribution in [0.2, 0.25) is 0 Å². The quantitative estimate of drug-likeness (QED) is 0.616. The van der Waals surface area contributed by atoms with Crippen LogP contribution in [0.4, 0.5) is 0 Å². The zero-order chi connectivity index (χ0) is 10.3. The van der Waals surface area contributed by atoms with Crippen LogP contribution in [0.15, 0.2) is 0 Å². The second-order valence-corrected chi connectivity index (χ2v) is 3.08. The predicted octanol–water partition coefficient (Wildman–Crippen LogP) is 0.675. The smallest absolute Gasteiger partial charge is 0.221 e. The molecule has 0 saturated carbocycles. The molecule has 0 aromatic heterocycles. The Labute approximate surface area is 79.5 Å². The largest absolute Gasteiger partial charge is 0.393 e. The van der Waals surface area contributed by atoms with E-state index in [1.807, 2.05) is 6.92 Å². The fourth-order valence-electron chi connectivity index (χ4n) is 0.868. The number of aliphatic hydroxyl groups excluding tert-OH is 1. The van der Waals surface area contributed by atoms with Crippen molar-refractivity contribution >= 4 is 5.91 Å². The summed E-state index contributed by atoms with van der Waals surface area (Å²) < 4.78 is 0. The Kier molecular flexibility index (Phi) is 5.99. The summed E-state index contributed by atoms with van der Waals surface area (Å²) in [7, 11) is 0. The molecule has 0 saturated heterocycles. The van der Waals surface area contributed by atoms with Crippen LogP contribution in [0.25, 0.3) is 0 Å². The Bertz CT molecular complexity index is 194. The van der Waals surface area contributed by atoms with E-state index in [2.05, 4.69) is 11.2 Å². The molecule has 0 radical (unpaired) electrons. The van der Waals surface area contributed by atoms with Crippen molar-refractivity contribution < 1.29 is 9.90 Å². The average Bonchev–Trinajstić information content (AvgIpc) is 2.10. The Morgan fingerprint density at radius 1 is 1.69 bits per heavy atom. The minimum absolute atomic E-state index is 0.0919. The van der Waals surface area contributed by atoms with E-state index in [-0.39, 0.29) is 11.9 Å². The molecule has 13 heavy (non-hydrogen) atoms. The molecule has 0 spiro atoms. The lowest BCUT2D eigenvalue weighted by molar-refractivity contribution is -0.122. The van der Waals surface area contributed by atoms with E-state index in [0.717, 1.165) is 6.42 Å². The molecule has 0 fully saturated rings. The summed E-state index contributed by atoms with van der Waals surface area (Å²) in [6, 6.07) is -0.179. The third-order valence-corrected chi connectivity index (χ3v) is 1.73. The molecule has 1 amide bonds. The van der Waals surface area contributed by atoms with Crippen molar-refractivity contribution in [3.63, 3.8) is 0 Å². The second-order valence-electron chi connectivity index (χ2n) is 3.08. The number of hydrogen-bond donors (Lipinski definition) is 2. The molecule has 3 nitrogen and oxygen atoms in total. The van der Waals surface area contributed by atoms with Crippen LogP contribution in [-0.2, 0) is 4.79 Å². The molecular weight excluding hydrogens is 166 g/mol. The van der Waals surface area contributed by atoms with Crippen LogP contribution in [0, 0.1) is 12.3 Å². The zero-order valence-electron chi connectivity index (χ0n) is 8.21. The van der Waals surface area contributed by atoms with Crippen molar-refractivity contribution in [1.29, 1.82) is 0 Å². The first-order valence-electron chi connectivity index (χ1n) is 4.53. The topological polar surface area (TPSA) is 49.3 Å². The summed E-state index contributed by atoms with van der Waals surface area (Å²) in [5, 5.41) is 11.6. The Morgan fingerprint density at radius 2 is 2.31 bits per heavy atom. The van der Waals surface area contributed by atoms with Gasteiger partial charge < -0.3 is 10.4 Å². The van der Waals surface area contributed by atoms with Gasteiger partial charge in [-0.15, -0.1) is 6.42 Å². The Morgan fingerprint density at radius 3 is 2.69 bits per heavy atom. The number of terminal acetylenes is 1. The highest BCUT2D eigenvalue weighted by molar-refractivity contribution is 5.76. The lowest BCUT2D eigenvalue weighted by Crippen LogP contribution is -2.33. The summed E-state index contributed by atoms with van der Waals surface area (Å²) in [5.74, 6) is 2.38. The summed E-state index contributed by atoms with van der Waals surface area (Å²) in [6.45, 7) is 3.57. The van der Waals surface area contributed by atoms with Crippen molar-refractivity contribution in [2.45, 2.75) is 45.3 Å². The summed E-state index contributed by atoms with van der Waals surface area (Å²) >= 11 is 0. The van der Waals surface area contributed by atoms with Gasteiger partial charge in [-0.1, -0.05) is 12.8 Å². The van der Waals surface area contributed by atoms with Gasteiger partial charge in [0.1, 0.15) is 0 Å². The molecule has 2 atom stereocenters. The SMILES string of the molecule is C#CC(CC)NC(=O)CCC(C)O. The molecule has 0 rings (SSSR count). The Hall–Kier alpha value is -1.01. The number of aliphatic hydroxyl groups is 1. The highest BCUT2D eigenvalue weighted by atomic mass is 16.3. The number of amides is 1. The summed E-state index contributed by atoms with van der Waals surface area (Å²) in [6.07, 6.45) is 6.28. The standard InChI is InChI=1S/C10H17NO2/c1-4-9(5-2)11-10(13)7-6-8(3)12/h1,8-9,12H,5-7H2,2-3H3,(H,11,13). The first kappa shape index (κ1) is 12.0. The molecule has 0 bridgehead atoms. The number of carbonyl (C=O) groups excluding carboxylic acids is 1. The van der Waals surface area contributed by atoms with Gasteiger partial charge in [-0.25, -0.2) is 0 Å². The molecule has 0 aromatic rings. The number of rotatable bonds is 5. The number of hydrogen-bond acceptors (Lipinski definition) is 2. The number of carbonyl (C=O) groups is 1. The average molecular weight is 183 g/mol. The van der Waals surface area contributed by atoms with Gasteiger partial charge in [0.25, 0.3) is 0 Å². The van der Waals surface area contributed by atoms with Crippen LogP contribution in [0.3, 0.4) is 0 Å². The van der Waals surface area contributed by atoms with Crippen molar-refractivity contribution in [2.24, 2.45) is 0 Å². The molecule has 3 heteroatoms. The Balaban J connectivity index is 3.68. The van der Waals surface area contributed by atoms with Gasteiger partial charge in [-0.2, -0.15) is 0 Å². The van der Waals surface area contributed by atoms with E-state index in [9.17, 15) is 4.79 Å². The molecule has 2 unspecified atom stereocenters. The van der Waals surface area contributed by atoms with Crippen molar-refractivity contribution in [2.75, 3.05) is 0 Å². The molecule has 0 aliphatic carbocycles. The lowest BCUT2D eigenvalue weighted by Gasteiger charge is -2.10. The van der Waals surface area contributed by atoms with E-state index in [1.165, 1.54) is 0 Å². The number of nitrogens with one attached hydrogen (secondary N) is 1. The minimum atomic E-state index is -0.434. The van der Waals surface area contributed by atoms with E-state index in [1.54, 1.807) is 6.92 Å². The molecule has 2 N–H and O–H groups in total. The van der Waals surface area contributed by atoms with E-state index in [0.29, 0.717) is 12.8 Å². The molecule has 74 valence electrons. The van der Waals surface area contributed by atoms with Crippen LogP contribution in [0.1, 0.15) is 33.1 Å². The summed E-state index contributed by atoms with van der Waals surface area (Å²) in [4.78, 5) is 11.2. The van der Waals surface area contributed by atoms with Gasteiger partial charge in [-0.3, -0.25) is 4.79 Å². The first-order chi connectivity index (χ1) is 6.10. The van der Waals surface area contributed by atoms with Gasteiger partial charge in [0.2, 0.25) is 5.91 Å². The maximum atomic E-state index is 11.2. The monoisotopic (exact) mass is 183 g/mol. The third-order valence-electron chi connectivity index (χ3n) is 1.73. The van der Waals surface area contributed by atoms with E-state index in [4.69, 9.17) is 11.5 Å². The molecule has 0 aromatic carbocycles. The van der Waals surface area contributed by atoms with Crippen LogP contribution >= 0.6 is 0 Å². The second kappa shape index (κ2) is 6.50. The molecular formula is C10H17NO2. The van der Waals surface area contributed by atoms with E-state index >= 15 is 0 Å². The first-order valence-corrected chi connectivity index (χ1v) is 4.53. The lowest BCUT2D eigenvalue weighted by atomic mass is 10.2. The van der Waals surface area contributed by atoms with Crippen LogP contribution in [0.5, 0.6) is 0 Å². The van der Waals surface area contributed by atoms with Crippen molar-refractivity contribution in [1.82, 2.24) is 5.32 Å². The molecule has 0 aliphatic rings. The van der Waals surface area contributed by atoms with E-state index < -0.39 is 6.10 Å². The minimum Gasteiger partial charge on any atom is -0.393 e. The third kappa shape index (κ3) is 6.18. The molecule has 0 aliphatic heterocycles. The predicted molar refractivity (Wildman–Crippen MR) is 52.0 cm³/mol. The molecule has 0 heterocycles. The summed E-state index contributed by atoms with van der Waals surface area (Å²) in [5.41, 5.74) is 0. The zero-order valence-corrected chi connectivity index (χ0v) is 8.21. The fraction of sp³-hybridized carbons (Fsp3) is 0.700. The van der Waals surface area contributed by atoms with Crippen molar-refractivity contribution in [3.05, 3.63) is 0 Å². The van der Waals surface area contributed by atoms with Gasteiger partial charge in [0.05, 0.1) is 12.1 Å². The van der Waals surface area contributed by atoms with Gasteiger partial charge in [0.15, 0.2) is 0 Å².